The van der Waals surface area contributed by atoms with E-state index < -0.39 is 10.0 Å². The van der Waals surface area contributed by atoms with Crippen molar-refractivity contribution < 1.29 is 13.2 Å². The van der Waals surface area contributed by atoms with Crippen LogP contribution in [0.3, 0.4) is 0 Å². The molecule has 128 valence electrons. The number of hydrogen-bond donors (Lipinski definition) is 0. The molecule has 1 aromatic rings. The lowest BCUT2D eigenvalue weighted by Crippen LogP contribution is -2.50. The SMILES string of the molecule is CCC(=O)N1CCN(S(=O)(=O)c2cc(C(C)C)ccc2C)CC1. The molecule has 0 aromatic heterocycles. The van der Waals surface area contributed by atoms with Gasteiger partial charge in [-0.15, -0.1) is 0 Å². The van der Waals surface area contributed by atoms with E-state index in [2.05, 4.69) is 13.8 Å². The molecule has 1 amide bonds. The third-order valence-corrected chi connectivity index (χ3v) is 6.43. The van der Waals surface area contributed by atoms with Crippen LogP contribution in [0.5, 0.6) is 0 Å². The highest BCUT2D eigenvalue weighted by Crippen LogP contribution is 2.25. The number of carbonyl (C=O) groups is 1. The van der Waals surface area contributed by atoms with E-state index >= 15 is 0 Å². The summed E-state index contributed by atoms with van der Waals surface area (Å²) in [4.78, 5) is 13.9. The molecule has 1 saturated heterocycles. The van der Waals surface area contributed by atoms with E-state index in [0.717, 1.165) is 11.1 Å². The Bertz CT molecular complexity index is 675. The number of carbonyl (C=O) groups excluding carboxylic acids is 1. The number of piperazine rings is 1. The van der Waals surface area contributed by atoms with Crippen molar-refractivity contribution in [2.45, 2.75) is 44.9 Å². The maximum atomic E-state index is 13.0. The van der Waals surface area contributed by atoms with Gasteiger partial charge in [-0.1, -0.05) is 32.9 Å². The Morgan fingerprint density at radius 1 is 1.17 bits per heavy atom. The van der Waals surface area contributed by atoms with Gasteiger partial charge in [-0.25, -0.2) is 8.42 Å². The molecule has 1 aliphatic heterocycles. The minimum Gasteiger partial charge on any atom is -0.340 e. The quantitative estimate of drug-likeness (QED) is 0.847. The van der Waals surface area contributed by atoms with Crippen LogP contribution in [0, 0.1) is 6.92 Å². The van der Waals surface area contributed by atoms with Gasteiger partial charge in [-0.2, -0.15) is 4.31 Å². The van der Waals surface area contributed by atoms with Gasteiger partial charge in [0.2, 0.25) is 15.9 Å². The molecule has 0 atom stereocenters. The van der Waals surface area contributed by atoms with Gasteiger partial charge in [0.25, 0.3) is 0 Å². The van der Waals surface area contributed by atoms with Crippen LogP contribution in [-0.4, -0.2) is 49.7 Å². The molecule has 23 heavy (non-hydrogen) atoms. The molecule has 1 heterocycles. The summed E-state index contributed by atoms with van der Waals surface area (Å²) in [5, 5.41) is 0. The first-order chi connectivity index (χ1) is 10.8. The number of sulfonamides is 1. The summed E-state index contributed by atoms with van der Waals surface area (Å²) in [5.74, 6) is 0.364. The topological polar surface area (TPSA) is 57.7 Å². The van der Waals surface area contributed by atoms with Crippen LogP contribution in [0.1, 0.15) is 44.2 Å². The molecule has 1 aromatic carbocycles. The second-order valence-electron chi connectivity index (χ2n) is 6.32. The van der Waals surface area contributed by atoms with E-state index in [-0.39, 0.29) is 11.8 Å². The van der Waals surface area contributed by atoms with Crippen LogP contribution in [0.25, 0.3) is 0 Å². The maximum absolute atomic E-state index is 13.0. The molecule has 0 saturated carbocycles. The van der Waals surface area contributed by atoms with Gasteiger partial charge in [-0.3, -0.25) is 4.79 Å². The van der Waals surface area contributed by atoms with Crippen LogP contribution in [0.15, 0.2) is 23.1 Å². The third kappa shape index (κ3) is 3.75. The van der Waals surface area contributed by atoms with Crippen molar-refractivity contribution in [3.8, 4) is 0 Å². The van der Waals surface area contributed by atoms with Crippen LogP contribution in [0.4, 0.5) is 0 Å². The molecule has 0 spiro atoms. The van der Waals surface area contributed by atoms with Crippen molar-refractivity contribution in [2.24, 2.45) is 0 Å². The zero-order valence-corrected chi connectivity index (χ0v) is 15.2. The summed E-state index contributed by atoms with van der Waals surface area (Å²) in [5.41, 5.74) is 1.79. The van der Waals surface area contributed by atoms with Crippen LogP contribution in [-0.2, 0) is 14.8 Å². The predicted octanol–water partition coefficient (Wildman–Crippen LogP) is 2.36. The second-order valence-corrected chi connectivity index (χ2v) is 8.22. The molecule has 0 radical (unpaired) electrons. The second kappa shape index (κ2) is 7.01. The summed E-state index contributed by atoms with van der Waals surface area (Å²) >= 11 is 0. The van der Waals surface area contributed by atoms with E-state index in [1.807, 2.05) is 26.0 Å². The molecule has 6 heteroatoms. The maximum Gasteiger partial charge on any atom is 0.243 e. The van der Waals surface area contributed by atoms with Gasteiger partial charge in [0.1, 0.15) is 0 Å². The molecule has 0 unspecified atom stereocenters. The van der Waals surface area contributed by atoms with Gasteiger partial charge in [0.15, 0.2) is 0 Å². The van der Waals surface area contributed by atoms with Gasteiger partial charge in [0.05, 0.1) is 4.90 Å². The first-order valence-electron chi connectivity index (χ1n) is 8.15. The van der Waals surface area contributed by atoms with Crippen molar-refractivity contribution in [1.29, 1.82) is 0 Å². The van der Waals surface area contributed by atoms with Crippen molar-refractivity contribution >= 4 is 15.9 Å². The Kier molecular flexibility index (Phi) is 5.47. The Hall–Kier alpha value is -1.40. The smallest absolute Gasteiger partial charge is 0.243 e. The molecular formula is C17H26N2O3S. The summed E-state index contributed by atoms with van der Waals surface area (Å²) in [7, 11) is -3.51. The van der Waals surface area contributed by atoms with Crippen molar-refractivity contribution in [2.75, 3.05) is 26.2 Å². The molecule has 1 aliphatic rings. The highest BCUT2D eigenvalue weighted by atomic mass is 32.2. The lowest BCUT2D eigenvalue weighted by Gasteiger charge is -2.34. The van der Waals surface area contributed by atoms with Crippen molar-refractivity contribution in [3.63, 3.8) is 0 Å². The standard InChI is InChI=1S/C17H26N2O3S/c1-5-17(20)18-8-10-19(11-9-18)23(21,22)16-12-15(13(2)3)7-6-14(16)4/h6-7,12-13H,5,8-11H2,1-4H3. The van der Waals surface area contributed by atoms with E-state index in [9.17, 15) is 13.2 Å². The minimum absolute atomic E-state index is 0.0834. The highest BCUT2D eigenvalue weighted by Gasteiger charge is 2.30. The molecular weight excluding hydrogens is 312 g/mol. The number of aryl methyl sites for hydroxylation is 1. The first-order valence-corrected chi connectivity index (χ1v) is 9.59. The molecule has 0 N–H and O–H groups in total. The van der Waals surface area contributed by atoms with Crippen LogP contribution < -0.4 is 0 Å². The molecule has 2 rings (SSSR count). The predicted molar refractivity (Wildman–Crippen MR) is 90.9 cm³/mol. The number of nitrogens with zero attached hydrogens (tertiary/aromatic N) is 2. The fourth-order valence-electron chi connectivity index (χ4n) is 2.79. The Labute approximate surface area is 139 Å². The summed E-state index contributed by atoms with van der Waals surface area (Å²) in [6.45, 7) is 9.41. The summed E-state index contributed by atoms with van der Waals surface area (Å²) < 4.78 is 27.4. The Morgan fingerprint density at radius 2 is 1.78 bits per heavy atom. The van der Waals surface area contributed by atoms with Crippen LogP contribution in [0.2, 0.25) is 0 Å². The average molecular weight is 338 g/mol. The largest absolute Gasteiger partial charge is 0.340 e. The van der Waals surface area contributed by atoms with Crippen molar-refractivity contribution in [3.05, 3.63) is 29.3 Å². The Balaban J connectivity index is 2.23. The molecule has 5 nitrogen and oxygen atoms in total. The summed E-state index contributed by atoms with van der Waals surface area (Å²) in [6, 6.07) is 5.65. The van der Waals surface area contributed by atoms with Gasteiger partial charge in [-0.05, 0) is 30.0 Å². The number of benzene rings is 1. The fraction of sp³-hybridized carbons (Fsp3) is 0.588. The average Bonchev–Trinajstić information content (AvgIpc) is 2.54. The summed E-state index contributed by atoms with van der Waals surface area (Å²) in [6.07, 6.45) is 0.461. The van der Waals surface area contributed by atoms with Crippen molar-refractivity contribution in [1.82, 2.24) is 9.21 Å². The normalized spacial score (nSPS) is 16.8. The lowest BCUT2D eigenvalue weighted by atomic mass is 10.0. The first kappa shape index (κ1) is 17.9. The monoisotopic (exact) mass is 338 g/mol. The van der Waals surface area contributed by atoms with Gasteiger partial charge >= 0.3 is 0 Å². The molecule has 0 aliphatic carbocycles. The van der Waals surface area contributed by atoms with Gasteiger partial charge < -0.3 is 4.90 Å². The number of amides is 1. The van der Waals surface area contributed by atoms with E-state index in [0.29, 0.717) is 37.5 Å². The fourth-order valence-corrected chi connectivity index (χ4v) is 4.48. The lowest BCUT2D eigenvalue weighted by molar-refractivity contribution is -0.132. The highest BCUT2D eigenvalue weighted by molar-refractivity contribution is 7.89. The van der Waals surface area contributed by atoms with Gasteiger partial charge in [0, 0.05) is 32.6 Å². The Morgan fingerprint density at radius 3 is 2.30 bits per heavy atom. The molecule has 1 fully saturated rings. The molecule has 0 bridgehead atoms. The van der Waals surface area contributed by atoms with E-state index in [4.69, 9.17) is 0 Å². The third-order valence-electron chi connectivity index (χ3n) is 4.39. The van der Waals surface area contributed by atoms with E-state index in [1.54, 1.807) is 11.0 Å². The zero-order chi connectivity index (χ0) is 17.2. The number of rotatable bonds is 4. The van der Waals surface area contributed by atoms with Crippen LogP contribution >= 0.6 is 0 Å². The minimum atomic E-state index is -3.51. The van der Waals surface area contributed by atoms with E-state index in [1.165, 1.54) is 4.31 Å². The number of hydrogen-bond acceptors (Lipinski definition) is 3. The zero-order valence-electron chi connectivity index (χ0n) is 14.4.